The summed E-state index contributed by atoms with van der Waals surface area (Å²) in [4.78, 5) is 4.18. The number of halogens is 1. The maximum absolute atomic E-state index is 13.6. The molecule has 0 aromatic heterocycles. The zero-order valence-corrected chi connectivity index (χ0v) is 16.7. The molecule has 0 radical (unpaired) electrons. The standard InChI is InChI=1S/C20H26FN3O2S/c1-4-15-7-5-6-8-16(15)12-23-20(22-2)24-13-18-11-19(21)10-9-17(18)14-27(3,25)26/h5-11H,4,12-14H2,1-3H3,(H2,22,23,24). The van der Waals surface area contributed by atoms with Crippen LogP contribution in [0.4, 0.5) is 4.39 Å². The van der Waals surface area contributed by atoms with Crippen molar-refractivity contribution in [1.82, 2.24) is 10.6 Å². The van der Waals surface area contributed by atoms with E-state index in [4.69, 9.17) is 0 Å². The molecule has 7 heteroatoms. The van der Waals surface area contributed by atoms with Crippen LogP contribution in [-0.2, 0) is 35.1 Å². The van der Waals surface area contributed by atoms with Crippen LogP contribution < -0.4 is 10.6 Å². The number of aliphatic imine (C=N–C) groups is 1. The Morgan fingerprint density at radius 3 is 2.22 bits per heavy atom. The molecular formula is C20H26FN3O2S. The Hall–Kier alpha value is -2.41. The molecule has 0 amide bonds. The smallest absolute Gasteiger partial charge is 0.191 e. The van der Waals surface area contributed by atoms with Crippen LogP contribution in [-0.4, -0.2) is 27.7 Å². The molecule has 0 atom stereocenters. The Kier molecular flexibility index (Phi) is 7.36. The predicted octanol–water partition coefficient (Wildman–Crippen LogP) is 2.80. The van der Waals surface area contributed by atoms with Gasteiger partial charge in [-0.05, 0) is 40.8 Å². The number of guanidine groups is 1. The molecule has 2 N–H and O–H groups in total. The van der Waals surface area contributed by atoms with Gasteiger partial charge < -0.3 is 10.6 Å². The highest BCUT2D eigenvalue weighted by Crippen LogP contribution is 2.14. The first kappa shape index (κ1) is 20.9. The lowest BCUT2D eigenvalue weighted by molar-refractivity contribution is 0.599. The molecule has 2 aromatic rings. The number of rotatable bonds is 7. The maximum Gasteiger partial charge on any atom is 0.191 e. The normalized spacial score (nSPS) is 12.1. The first-order valence-electron chi connectivity index (χ1n) is 8.78. The van der Waals surface area contributed by atoms with Crippen molar-refractivity contribution >= 4 is 15.8 Å². The summed E-state index contributed by atoms with van der Waals surface area (Å²) in [5.41, 5.74) is 3.63. The minimum Gasteiger partial charge on any atom is -0.352 e. The number of nitrogens with zero attached hydrogens (tertiary/aromatic N) is 1. The van der Waals surface area contributed by atoms with Crippen molar-refractivity contribution in [3.63, 3.8) is 0 Å². The van der Waals surface area contributed by atoms with E-state index in [1.807, 2.05) is 12.1 Å². The zero-order valence-electron chi connectivity index (χ0n) is 15.9. The topological polar surface area (TPSA) is 70.6 Å². The second-order valence-corrected chi connectivity index (χ2v) is 8.52. The van der Waals surface area contributed by atoms with Crippen LogP contribution in [0.3, 0.4) is 0 Å². The fourth-order valence-corrected chi connectivity index (χ4v) is 3.68. The molecule has 0 heterocycles. The number of hydrogen-bond acceptors (Lipinski definition) is 3. The van der Waals surface area contributed by atoms with Crippen LogP contribution in [0.15, 0.2) is 47.5 Å². The lowest BCUT2D eigenvalue weighted by Gasteiger charge is -2.15. The van der Waals surface area contributed by atoms with Gasteiger partial charge in [-0.15, -0.1) is 0 Å². The Morgan fingerprint density at radius 2 is 1.63 bits per heavy atom. The highest BCUT2D eigenvalue weighted by molar-refractivity contribution is 7.89. The zero-order chi connectivity index (χ0) is 19.9. The summed E-state index contributed by atoms with van der Waals surface area (Å²) in [7, 11) is -1.55. The van der Waals surface area contributed by atoms with Gasteiger partial charge in [0, 0.05) is 26.4 Å². The fourth-order valence-electron chi connectivity index (χ4n) is 2.84. The second kappa shape index (κ2) is 9.50. The van der Waals surface area contributed by atoms with E-state index in [2.05, 4.69) is 34.7 Å². The maximum atomic E-state index is 13.6. The van der Waals surface area contributed by atoms with Gasteiger partial charge in [0.25, 0.3) is 0 Å². The summed E-state index contributed by atoms with van der Waals surface area (Å²) in [6, 6.07) is 12.3. The average Bonchev–Trinajstić information content (AvgIpc) is 2.63. The van der Waals surface area contributed by atoms with Crippen molar-refractivity contribution < 1.29 is 12.8 Å². The van der Waals surface area contributed by atoms with Crippen molar-refractivity contribution in [2.75, 3.05) is 13.3 Å². The number of aryl methyl sites for hydroxylation is 1. The molecule has 0 aliphatic heterocycles. The summed E-state index contributed by atoms with van der Waals surface area (Å²) in [5.74, 6) is 0.0413. The Labute approximate surface area is 160 Å². The molecule has 5 nitrogen and oxygen atoms in total. The quantitative estimate of drug-likeness (QED) is 0.562. The van der Waals surface area contributed by atoms with Crippen molar-refractivity contribution in [2.45, 2.75) is 32.2 Å². The van der Waals surface area contributed by atoms with E-state index in [-0.39, 0.29) is 12.3 Å². The van der Waals surface area contributed by atoms with E-state index in [0.29, 0.717) is 23.6 Å². The minimum atomic E-state index is -3.21. The molecule has 0 aliphatic carbocycles. The molecule has 27 heavy (non-hydrogen) atoms. The molecule has 0 unspecified atom stereocenters. The summed E-state index contributed by atoms with van der Waals surface area (Å²) >= 11 is 0. The van der Waals surface area contributed by atoms with Gasteiger partial charge in [0.05, 0.1) is 5.75 Å². The second-order valence-electron chi connectivity index (χ2n) is 6.38. The van der Waals surface area contributed by atoms with Gasteiger partial charge in [0.1, 0.15) is 5.82 Å². The molecule has 0 fully saturated rings. The molecule has 0 saturated carbocycles. The van der Waals surface area contributed by atoms with Gasteiger partial charge in [-0.3, -0.25) is 4.99 Å². The van der Waals surface area contributed by atoms with Crippen LogP contribution >= 0.6 is 0 Å². The molecule has 0 aliphatic rings. The largest absolute Gasteiger partial charge is 0.352 e. The molecule has 2 rings (SSSR count). The fraction of sp³-hybridized carbons (Fsp3) is 0.350. The van der Waals surface area contributed by atoms with Gasteiger partial charge in [0.2, 0.25) is 0 Å². The van der Waals surface area contributed by atoms with Crippen LogP contribution in [0.1, 0.15) is 29.2 Å². The minimum absolute atomic E-state index is 0.125. The van der Waals surface area contributed by atoms with E-state index >= 15 is 0 Å². The summed E-state index contributed by atoms with van der Waals surface area (Å²) in [6.07, 6.45) is 2.11. The highest BCUT2D eigenvalue weighted by Gasteiger charge is 2.11. The lowest BCUT2D eigenvalue weighted by atomic mass is 10.1. The number of nitrogens with one attached hydrogen (secondary N) is 2. The summed E-state index contributed by atoms with van der Waals surface area (Å²) in [6.45, 7) is 3.00. The van der Waals surface area contributed by atoms with Gasteiger partial charge in [-0.1, -0.05) is 37.3 Å². The predicted molar refractivity (Wildman–Crippen MR) is 108 cm³/mol. The van der Waals surface area contributed by atoms with Crippen molar-refractivity contribution in [1.29, 1.82) is 0 Å². The summed E-state index contributed by atoms with van der Waals surface area (Å²) in [5, 5.41) is 6.36. The molecule has 0 saturated heterocycles. The van der Waals surface area contributed by atoms with Crippen molar-refractivity contribution in [3.8, 4) is 0 Å². The van der Waals surface area contributed by atoms with Crippen molar-refractivity contribution in [3.05, 3.63) is 70.5 Å². The van der Waals surface area contributed by atoms with E-state index in [1.165, 1.54) is 35.6 Å². The first-order chi connectivity index (χ1) is 12.8. The highest BCUT2D eigenvalue weighted by atomic mass is 32.2. The van der Waals surface area contributed by atoms with Crippen LogP contribution in [0.5, 0.6) is 0 Å². The third-order valence-electron chi connectivity index (χ3n) is 4.20. The van der Waals surface area contributed by atoms with E-state index < -0.39 is 15.7 Å². The molecule has 0 bridgehead atoms. The Balaban J connectivity index is 2.05. The molecular weight excluding hydrogens is 365 g/mol. The Morgan fingerprint density at radius 1 is 1.00 bits per heavy atom. The van der Waals surface area contributed by atoms with Gasteiger partial charge in [0.15, 0.2) is 15.8 Å². The number of sulfone groups is 1. The van der Waals surface area contributed by atoms with Crippen LogP contribution in [0.25, 0.3) is 0 Å². The van der Waals surface area contributed by atoms with Crippen LogP contribution in [0.2, 0.25) is 0 Å². The average molecular weight is 392 g/mol. The molecule has 0 spiro atoms. The number of benzene rings is 2. The van der Waals surface area contributed by atoms with Gasteiger partial charge in [-0.25, -0.2) is 12.8 Å². The summed E-state index contributed by atoms with van der Waals surface area (Å²) < 4.78 is 36.8. The van der Waals surface area contributed by atoms with Crippen molar-refractivity contribution in [2.24, 2.45) is 4.99 Å². The van der Waals surface area contributed by atoms with Gasteiger partial charge in [-0.2, -0.15) is 0 Å². The SMILES string of the molecule is CCc1ccccc1CNC(=NC)NCc1cc(F)ccc1CS(C)(=O)=O. The van der Waals surface area contributed by atoms with E-state index in [1.54, 1.807) is 7.05 Å². The van der Waals surface area contributed by atoms with Crippen LogP contribution in [0, 0.1) is 5.82 Å². The lowest BCUT2D eigenvalue weighted by Crippen LogP contribution is -2.36. The van der Waals surface area contributed by atoms with Gasteiger partial charge >= 0.3 is 0 Å². The Bertz CT molecular complexity index is 911. The van der Waals surface area contributed by atoms with E-state index in [9.17, 15) is 12.8 Å². The monoisotopic (exact) mass is 391 g/mol. The van der Waals surface area contributed by atoms with E-state index in [0.717, 1.165) is 6.42 Å². The number of hydrogen-bond donors (Lipinski definition) is 2. The third kappa shape index (κ3) is 6.67. The molecule has 146 valence electrons. The first-order valence-corrected chi connectivity index (χ1v) is 10.8. The third-order valence-corrected chi connectivity index (χ3v) is 5.04. The molecule has 2 aromatic carbocycles.